The maximum absolute atomic E-state index is 3.76. The average Bonchev–Trinajstić information content (AvgIpc) is 2.03. The van der Waals surface area contributed by atoms with Crippen LogP contribution in [-0.2, 0) is 0 Å². The first-order chi connectivity index (χ1) is 5.99. The summed E-state index contributed by atoms with van der Waals surface area (Å²) in [7, 11) is 0. The Balaban J connectivity index is 4.21. The highest BCUT2D eigenvalue weighted by Crippen LogP contribution is 2.21. The molecule has 0 fully saturated rings. The fraction of sp³-hybridized carbons (Fsp3) is 0.692. The Bertz CT molecular complexity index is 174. The van der Waals surface area contributed by atoms with Crippen LogP contribution < -0.4 is 0 Å². The van der Waals surface area contributed by atoms with Crippen LogP contribution in [0.15, 0.2) is 24.3 Å². The van der Waals surface area contributed by atoms with E-state index in [1.807, 2.05) is 6.08 Å². The summed E-state index contributed by atoms with van der Waals surface area (Å²) in [5.74, 6) is 2.08. The van der Waals surface area contributed by atoms with Crippen LogP contribution >= 0.6 is 0 Å². The van der Waals surface area contributed by atoms with Gasteiger partial charge in [0.1, 0.15) is 0 Å². The van der Waals surface area contributed by atoms with E-state index in [0.29, 0.717) is 11.8 Å². The van der Waals surface area contributed by atoms with E-state index in [4.69, 9.17) is 0 Å². The fourth-order valence-electron chi connectivity index (χ4n) is 1.46. The van der Waals surface area contributed by atoms with Crippen LogP contribution in [0.5, 0.6) is 0 Å². The van der Waals surface area contributed by atoms with E-state index < -0.39 is 0 Å². The van der Waals surface area contributed by atoms with Crippen molar-refractivity contribution in [1.82, 2.24) is 0 Å². The molecule has 13 heavy (non-hydrogen) atoms. The van der Waals surface area contributed by atoms with E-state index in [-0.39, 0.29) is 0 Å². The summed E-state index contributed by atoms with van der Waals surface area (Å²) in [5.41, 5.74) is 1.52. The summed E-state index contributed by atoms with van der Waals surface area (Å²) in [6.07, 6.45) is 5.46. The molecule has 2 unspecified atom stereocenters. The monoisotopic (exact) mass is 180 g/mol. The molecule has 0 aliphatic heterocycles. The molecule has 0 aliphatic carbocycles. The molecule has 0 saturated carbocycles. The Morgan fingerprint density at radius 2 is 1.77 bits per heavy atom. The number of hydrogen-bond acceptors (Lipinski definition) is 0. The standard InChI is InChI=1S/C13H24/c1-7-8-11(4)9-12(5)13(6)10(2)3/h7,9-11,13H,1,8H2,2-6H3. The molecule has 0 heteroatoms. The molecule has 0 spiro atoms. The molecule has 0 radical (unpaired) electrons. The van der Waals surface area contributed by atoms with Gasteiger partial charge in [-0.25, -0.2) is 0 Å². The Morgan fingerprint density at radius 1 is 1.23 bits per heavy atom. The van der Waals surface area contributed by atoms with Crippen molar-refractivity contribution in [2.24, 2.45) is 17.8 Å². The van der Waals surface area contributed by atoms with Gasteiger partial charge < -0.3 is 0 Å². The largest absolute Gasteiger partial charge is 0.103 e. The zero-order valence-electron chi connectivity index (χ0n) is 9.80. The van der Waals surface area contributed by atoms with Gasteiger partial charge in [-0.15, -0.1) is 6.58 Å². The van der Waals surface area contributed by atoms with Crippen LogP contribution in [0.4, 0.5) is 0 Å². The summed E-state index contributed by atoms with van der Waals surface area (Å²) < 4.78 is 0. The van der Waals surface area contributed by atoms with Crippen LogP contribution in [0.3, 0.4) is 0 Å². The van der Waals surface area contributed by atoms with Crippen molar-refractivity contribution in [3.63, 3.8) is 0 Å². The van der Waals surface area contributed by atoms with Crippen molar-refractivity contribution >= 4 is 0 Å². The van der Waals surface area contributed by atoms with Gasteiger partial charge >= 0.3 is 0 Å². The third kappa shape index (κ3) is 4.92. The summed E-state index contributed by atoms with van der Waals surface area (Å²) in [4.78, 5) is 0. The van der Waals surface area contributed by atoms with Crippen LogP contribution in [0.2, 0.25) is 0 Å². The van der Waals surface area contributed by atoms with Gasteiger partial charge in [0, 0.05) is 0 Å². The summed E-state index contributed by atoms with van der Waals surface area (Å²) >= 11 is 0. The minimum atomic E-state index is 0.638. The molecule has 0 saturated heterocycles. The van der Waals surface area contributed by atoms with Gasteiger partial charge in [-0.2, -0.15) is 0 Å². The zero-order valence-corrected chi connectivity index (χ0v) is 9.80. The van der Waals surface area contributed by atoms with Crippen molar-refractivity contribution in [3.8, 4) is 0 Å². The van der Waals surface area contributed by atoms with Crippen molar-refractivity contribution in [2.75, 3.05) is 0 Å². The van der Waals surface area contributed by atoms with E-state index in [2.05, 4.69) is 47.3 Å². The van der Waals surface area contributed by atoms with Gasteiger partial charge in [0.15, 0.2) is 0 Å². The molecular weight excluding hydrogens is 156 g/mol. The number of rotatable bonds is 5. The highest BCUT2D eigenvalue weighted by Gasteiger charge is 2.09. The quantitative estimate of drug-likeness (QED) is 0.549. The minimum Gasteiger partial charge on any atom is -0.103 e. The minimum absolute atomic E-state index is 0.638. The molecule has 0 N–H and O–H groups in total. The molecule has 0 amide bonds. The lowest BCUT2D eigenvalue weighted by atomic mass is 9.88. The van der Waals surface area contributed by atoms with E-state index >= 15 is 0 Å². The predicted octanol–water partition coefficient (Wildman–Crippen LogP) is 4.44. The molecule has 0 heterocycles. The second kappa shape index (κ2) is 6.01. The molecule has 76 valence electrons. The van der Waals surface area contributed by atoms with E-state index in [0.717, 1.165) is 12.3 Å². The first kappa shape index (κ1) is 12.5. The first-order valence-electron chi connectivity index (χ1n) is 5.28. The van der Waals surface area contributed by atoms with Gasteiger partial charge in [0.05, 0.1) is 0 Å². The van der Waals surface area contributed by atoms with Gasteiger partial charge in [-0.3, -0.25) is 0 Å². The summed E-state index contributed by atoms with van der Waals surface area (Å²) in [5, 5.41) is 0. The van der Waals surface area contributed by atoms with Gasteiger partial charge in [-0.1, -0.05) is 45.4 Å². The molecular formula is C13H24. The molecule has 0 aromatic carbocycles. The SMILES string of the molecule is C=CCC(C)C=C(C)C(C)C(C)C. The smallest absolute Gasteiger partial charge is 0.0211 e. The Kier molecular flexibility index (Phi) is 5.77. The molecule has 0 aliphatic rings. The second-order valence-electron chi connectivity index (χ2n) is 4.45. The Hall–Kier alpha value is -0.520. The van der Waals surface area contributed by atoms with E-state index in [1.165, 1.54) is 5.57 Å². The van der Waals surface area contributed by atoms with Crippen molar-refractivity contribution in [2.45, 2.75) is 41.0 Å². The van der Waals surface area contributed by atoms with Gasteiger partial charge in [0.25, 0.3) is 0 Å². The van der Waals surface area contributed by atoms with Gasteiger partial charge in [-0.05, 0) is 31.1 Å². The highest BCUT2D eigenvalue weighted by atomic mass is 14.1. The molecule has 0 aromatic heterocycles. The lowest BCUT2D eigenvalue weighted by molar-refractivity contribution is 0.475. The van der Waals surface area contributed by atoms with Crippen molar-refractivity contribution < 1.29 is 0 Å². The zero-order chi connectivity index (χ0) is 10.4. The molecule has 0 aromatic rings. The number of hydrogen-bond donors (Lipinski definition) is 0. The molecule has 2 atom stereocenters. The topological polar surface area (TPSA) is 0 Å². The second-order valence-corrected chi connectivity index (χ2v) is 4.45. The van der Waals surface area contributed by atoms with Crippen molar-refractivity contribution in [1.29, 1.82) is 0 Å². The summed E-state index contributed by atoms with van der Waals surface area (Å²) in [6.45, 7) is 15.1. The summed E-state index contributed by atoms with van der Waals surface area (Å²) in [6, 6.07) is 0. The Morgan fingerprint density at radius 3 is 2.15 bits per heavy atom. The van der Waals surface area contributed by atoms with E-state index in [1.54, 1.807) is 0 Å². The lowest BCUT2D eigenvalue weighted by Crippen LogP contribution is -2.06. The number of allylic oxidation sites excluding steroid dienone is 3. The van der Waals surface area contributed by atoms with E-state index in [9.17, 15) is 0 Å². The third-order valence-electron chi connectivity index (χ3n) is 2.80. The molecule has 0 nitrogen and oxygen atoms in total. The van der Waals surface area contributed by atoms with Crippen LogP contribution in [-0.4, -0.2) is 0 Å². The van der Waals surface area contributed by atoms with Crippen LogP contribution in [0.1, 0.15) is 41.0 Å². The highest BCUT2D eigenvalue weighted by molar-refractivity contribution is 5.05. The van der Waals surface area contributed by atoms with Crippen LogP contribution in [0, 0.1) is 17.8 Å². The van der Waals surface area contributed by atoms with Gasteiger partial charge in [0.2, 0.25) is 0 Å². The predicted molar refractivity (Wildman–Crippen MR) is 61.7 cm³/mol. The fourth-order valence-corrected chi connectivity index (χ4v) is 1.46. The molecule has 0 rings (SSSR count). The average molecular weight is 180 g/mol. The maximum Gasteiger partial charge on any atom is -0.0211 e. The van der Waals surface area contributed by atoms with Crippen LogP contribution in [0.25, 0.3) is 0 Å². The first-order valence-corrected chi connectivity index (χ1v) is 5.28. The maximum atomic E-state index is 3.76. The Labute approximate surface area is 83.7 Å². The normalized spacial score (nSPS) is 17.2. The third-order valence-corrected chi connectivity index (χ3v) is 2.80. The van der Waals surface area contributed by atoms with Crippen molar-refractivity contribution in [3.05, 3.63) is 24.3 Å². The lowest BCUT2D eigenvalue weighted by Gasteiger charge is -2.17. The molecule has 0 bridgehead atoms.